The van der Waals surface area contributed by atoms with Gasteiger partial charge in [0.15, 0.2) is 0 Å². The molecular formula is C9H13N9. The van der Waals surface area contributed by atoms with Crippen molar-refractivity contribution in [3.63, 3.8) is 0 Å². The molecule has 9 nitrogen and oxygen atoms in total. The maximum Gasteiger partial charge on any atom is 0.211 e. The highest BCUT2D eigenvalue weighted by atomic mass is 15.3. The van der Waals surface area contributed by atoms with Crippen LogP contribution in [-0.2, 0) is 0 Å². The number of rotatable bonds is 4. The molecule has 94 valence electrons. The highest BCUT2D eigenvalue weighted by molar-refractivity contribution is 5.83. The molecule has 9 heteroatoms. The van der Waals surface area contributed by atoms with E-state index >= 15 is 0 Å². The zero-order chi connectivity index (χ0) is 13.4. The SMILES string of the molecule is CC(N)=N/N=C/c1cncc(/C=N/N=C(N)N)n1. The number of hydrogen-bond acceptors (Lipinski definition) is 6. The molecule has 0 aliphatic carbocycles. The third-order valence-corrected chi connectivity index (χ3v) is 1.44. The maximum atomic E-state index is 5.32. The van der Waals surface area contributed by atoms with Crippen LogP contribution in [0.3, 0.4) is 0 Å². The highest BCUT2D eigenvalue weighted by Crippen LogP contribution is 1.92. The summed E-state index contributed by atoms with van der Waals surface area (Å²) in [6.07, 6.45) is 5.80. The van der Waals surface area contributed by atoms with Crippen molar-refractivity contribution in [3.05, 3.63) is 23.8 Å². The zero-order valence-corrected chi connectivity index (χ0v) is 9.72. The molecule has 0 atom stereocenters. The Morgan fingerprint density at radius 1 is 1.06 bits per heavy atom. The van der Waals surface area contributed by atoms with Crippen molar-refractivity contribution >= 4 is 24.2 Å². The van der Waals surface area contributed by atoms with Gasteiger partial charge in [-0.1, -0.05) is 0 Å². The second-order valence-electron chi connectivity index (χ2n) is 3.12. The first-order chi connectivity index (χ1) is 8.58. The molecule has 1 heterocycles. The van der Waals surface area contributed by atoms with E-state index in [2.05, 4.69) is 30.4 Å². The minimum atomic E-state index is -0.135. The van der Waals surface area contributed by atoms with Crippen LogP contribution in [0.5, 0.6) is 0 Å². The molecule has 0 saturated carbocycles. The Bertz CT molecular complexity index is 463. The number of nitrogens with two attached hydrogens (primary N) is 3. The predicted octanol–water partition coefficient (Wildman–Crippen LogP) is -1.21. The number of amidine groups is 1. The standard InChI is InChI=1S/C9H13N9/c1-6(10)17-14-4-7-2-13-3-8(16-7)5-15-18-9(11)12/h2-5H,1H3,(H2,10,17)(H4,11,12,18)/b14-4+,15-5+. The Hall–Kier alpha value is -2.84. The summed E-state index contributed by atoms with van der Waals surface area (Å²) in [5.74, 6) is 0.217. The summed E-state index contributed by atoms with van der Waals surface area (Å²) in [4.78, 5) is 8.09. The minimum absolute atomic E-state index is 0.135. The van der Waals surface area contributed by atoms with E-state index < -0.39 is 0 Å². The Morgan fingerprint density at radius 3 is 2.11 bits per heavy atom. The Morgan fingerprint density at radius 2 is 1.61 bits per heavy atom. The van der Waals surface area contributed by atoms with Crippen molar-refractivity contribution in [1.82, 2.24) is 9.97 Å². The van der Waals surface area contributed by atoms with Crippen LogP contribution in [0.25, 0.3) is 0 Å². The van der Waals surface area contributed by atoms with Crippen molar-refractivity contribution < 1.29 is 0 Å². The third kappa shape index (κ3) is 5.30. The number of nitrogens with zero attached hydrogens (tertiary/aromatic N) is 6. The van der Waals surface area contributed by atoms with Crippen LogP contribution in [0, 0.1) is 0 Å². The molecule has 0 amide bonds. The van der Waals surface area contributed by atoms with E-state index in [1.807, 2.05) is 0 Å². The number of hydrogen-bond donors (Lipinski definition) is 3. The van der Waals surface area contributed by atoms with E-state index in [4.69, 9.17) is 17.2 Å². The molecule has 0 radical (unpaired) electrons. The van der Waals surface area contributed by atoms with Crippen molar-refractivity contribution in [3.8, 4) is 0 Å². The summed E-state index contributed by atoms with van der Waals surface area (Å²) in [5.41, 5.74) is 16.5. The van der Waals surface area contributed by atoms with Gasteiger partial charge in [-0.3, -0.25) is 4.98 Å². The van der Waals surface area contributed by atoms with Gasteiger partial charge in [0, 0.05) is 0 Å². The Labute approximate surface area is 103 Å². The first-order valence-electron chi connectivity index (χ1n) is 4.85. The van der Waals surface area contributed by atoms with E-state index in [9.17, 15) is 0 Å². The predicted molar refractivity (Wildman–Crippen MR) is 70.3 cm³/mol. The highest BCUT2D eigenvalue weighted by Gasteiger charge is 1.93. The van der Waals surface area contributed by atoms with Gasteiger partial charge in [-0.2, -0.15) is 10.2 Å². The topological polar surface area (TPSA) is 153 Å². The molecule has 0 aliphatic rings. The summed E-state index contributed by atoms with van der Waals surface area (Å²) in [6, 6.07) is 0. The summed E-state index contributed by atoms with van der Waals surface area (Å²) < 4.78 is 0. The molecule has 0 fully saturated rings. The fourth-order valence-corrected chi connectivity index (χ4v) is 0.855. The van der Waals surface area contributed by atoms with Gasteiger partial charge in [0.25, 0.3) is 0 Å². The van der Waals surface area contributed by atoms with Gasteiger partial charge in [-0.25, -0.2) is 4.98 Å². The van der Waals surface area contributed by atoms with Crippen LogP contribution < -0.4 is 17.2 Å². The van der Waals surface area contributed by atoms with Crippen LogP contribution in [0.4, 0.5) is 0 Å². The largest absolute Gasteiger partial charge is 0.386 e. The van der Waals surface area contributed by atoms with Crippen molar-refractivity contribution in [2.75, 3.05) is 0 Å². The van der Waals surface area contributed by atoms with Crippen molar-refractivity contribution in [2.24, 2.45) is 37.6 Å². The average Bonchev–Trinajstić information content (AvgIpc) is 2.28. The molecule has 0 saturated heterocycles. The smallest absolute Gasteiger partial charge is 0.211 e. The molecule has 0 unspecified atom stereocenters. The molecule has 0 bridgehead atoms. The lowest BCUT2D eigenvalue weighted by Gasteiger charge is -1.93. The van der Waals surface area contributed by atoms with Crippen LogP contribution in [0.2, 0.25) is 0 Å². The first kappa shape index (κ1) is 13.2. The Balaban J connectivity index is 2.80. The van der Waals surface area contributed by atoms with Crippen LogP contribution in [0.15, 0.2) is 32.8 Å². The molecule has 1 aromatic rings. The second kappa shape index (κ2) is 6.68. The lowest BCUT2D eigenvalue weighted by atomic mass is 10.4. The van der Waals surface area contributed by atoms with Gasteiger partial charge >= 0.3 is 0 Å². The van der Waals surface area contributed by atoms with Gasteiger partial charge in [-0.05, 0) is 6.92 Å². The lowest BCUT2D eigenvalue weighted by molar-refractivity contribution is 1.14. The van der Waals surface area contributed by atoms with Crippen LogP contribution >= 0.6 is 0 Å². The number of guanidine groups is 1. The molecule has 0 spiro atoms. The zero-order valence-electron chi connectivity index (χ0n) is 9.72. The van der Waals surface area contributed by atoms with E-state index in [1.54, 1.807) is 6.92 Å². The minimum Gasteiger partial charge on any atom is -0.386 e. The maximum absolute atomic E-state index is 5.32. The molecular weight excluding hydrogens is 234 g/mol. The second-order valence-corrected chi connectivity index (χ2v) is 3.12. The average molecular weight is 247 g/mol. The van der Waals surface area contributed by atoms with E-state index in [-0.39, 0.29) is 5.96 Å². The fourth-order valence-electron chi connectivity index (χ4n) is 0.855. The van der Waals surface area contributed by atoms with Gasteiger partial charge in [0.1, 0.15) is 17.2 Å². The van der Waals surface area contributed by atoms with Crippen molar-refractivity contribution in [2.45, 2.75) is 6.92 Å². The van der Waals surface area contributed by atoms with Crippen molar-refractivity contribution in [1.29, 1.82) is 0 Å². The molecule has 18 heavy (non-hydrogen) atoms. The summed E-state index contributed by atoms with van der Waals surface area (Å²) in [7, 11) is 0. The molecule has 1 rings (SSSR count). The summed E-state index contributed by atoms with van der Waals surface area (Å²) in [5, 5.41) is 14.4. The van der Waals surface area contributed by atoms with Gasteiger partial charge in [-0.15, -0.1) is 10.2 Å². The van der Waals surface area contributed by atoms with Gasteiger partial charge in [0.05, 0.1) is 24.8 Å². The monoisotopic (exact) mass is 247 g/mol. The van der Waals surface area contributed by atoms with Crippen LogP contribution in [0.1, 0.15) is 18.3 Å². The van der Waals surface area contributed by atoms with Crippen LogP contribution in [-0.4, -0.2) is 34.2 Å². The first-order valence-corrected chi connectivity index (χ1v) is 4.85. The molecule has 0 aliphatic heterocycles. The summed E-state index contributed by atoms with van der Waals surface area (Å²) in [6.45, 7) is 1.63. The quantitative estimate of drug-likeness (QED) is 0.346. The normalized spacial score (nSPS) is 12.2. The lowest BCUT2D eigenvalue weighted by Crippen LogP contribution is -2.21. The summed E-state index contributed by atoms with van der Waals surface area (Å²) >= 11 is 0. The fraction of sp³-hybridized carbons (Fsp3) is 0.111. The molecule has 6 N–H and O–H groups in total. The molecule has 0 aromatic carbocycles. The van der Waals surface area contributed by atoms with Gasteiger partial charge in [0.2, 0.25) is 5.96 Å². The number of aromatic nitrogens is 2. The molecule has 1 aromatic heterocycles. The van der Waals surface area contributed by atoms with E-state index in [1.165, 1.54) is 24.8 Å². The van der Waals surface area contributed by atoms with Gasteiger partial charge < -0.3 is 17.2 Å². The third-order valence-electron chi connectivity index (χ3n) is 1.44. The Kier molecular flexibility index (Phi) is 4.91. The van der Waals surface area contributed by atoms with E-state index in [0.29, 0.717) is 17.2 Å². The van der Waals surface area contributed by atoms with E-state index in [0.717, 1.165) is 0 Å².